The van der Waals surface area contributed by atoms with Crippen molar-refractivity contribution < 1.29 is 9.53 Å². The zero-order valence-electron chi connectivity index (χ0n) is 12.3. The van der Waals surface area contributed by atoms with Crippen LogP contribution < -0.4 is 16.0 Å². The van der Waals surface area contributed by atoms with Gasteiger partial charge in [0.05, 0.1) is 13.2 Å². The summed E-state index contributed by atoms with van der Waals surface area (Å²) in [4.78, 5) is 22.8. The smallest absolute Gasteiger partial charge is 0.245 e. The Bertz CT molecular complexity index is 499. The Morgan fingerprint density at radius 2 is 2.43 bits per heavy atom. The monoisotopic (exact) mass is 311 g/mol. The van der Waals surface area contributed by atoms with Gasteiger partial charge < -0.3 is 20.7 Å². The zero-order valence-corrected chi connectivity index (χ0v) is 13.2. The molecule has 1 saturated heterocycles. The van der Waals surface area contributed by atoms with Crippen molar-refractivity contribution in [3.05, 3.63) is 6.07 Å². The number of nitrogens with two attached hydrogens (primary N) is 1. The van der Waals surface area contributed by atoms with Crippen LogP contribution in [0.25, 0.3) is 0 Å². The van der Waals surface area contributed by atoms with E-state index in [0.29, 0.717) is 43.1 Å². The second-order valence-electron chi connectivity index (χ2n) is 4.71. The first kappa shape index (κ1) is 15.8. The van der Waals surface area contributed by atoms with Crippen LogP contribution in [0.4, 0.5) is 11.6 Å². The largest absolute Gasteiger partial charge is 0.383 e. The molecule has 116 valence electrons. The lowest BCUT2D eigenvalue weighted by Crippen LogP contribution is -2.54. The molecule has 1 amide bonds. The van der Waals surface area contributed by atoms with E-state index >= 15 is 0 Å². The summed E-state index contributed by atoms with van der Waals surface area (Å²) < 4.78 is 5.44. The van der Waals surface area contributed by atoms with Gasteiger partial charge in [0, 0.05) is 19.2 Å². The fourth-order valence-corrected chi connectivity index (χ4v) is 2.51. The molecule has 1 aliphatic heterocycles. The van der Waals surface area contributed by atoms with Gasteiger partial charge in [-0.25, -0.2) is 9.97 Å². The maximum atomic E-state index is 12.3. The number of ether oxygens (including phenoxy) is 1. The van der Waals surface area contributed by atoms with Gasteiger partial charge in [-0.15, -0.1) is 0 Å². The van der Waals surface area contributed by atoms with Crippen LogP contribution in [0.5, 0.6) is 0 Å². The number of nitrogen functional groups attached to an aromatic ring is 1. The molecule has 0 aromatic carbocycles. The SMILES string of the molecule is CCCNC(=O)C1COCCN1c1cc(N)nc(SC)n1. The van der Waals surface area contributed by atoms with Gasteiger partial charge in [-0.05, 0) is 12.7 Å². The van der Waals surface area contributed by atoms with E-state index in [1.54, 1.807) is 6.07 Å². The molecule has 8 heteroatoms. The average molecular weight is 311 g/mol. The summed E-state index contributed by atoms with van der Waals surface area (Å²) in [5.74, 6) is 1.04. The number of hydrogen-bond acceptors (Lipinski definition) is 7. The minimum absolute atomic E-state index is 0.0422. The third-order valence-electron chi connectivity index (χ3n) is 3.17. The Morgan fingerprint density at radius 1 is 1.62 bits per heavy atom. The highest BCUT2D eigenvalue weighted by atomic mass is 32.2. The van der Waals surface area contributed by atoms with Gasteiger partial charge in [0.15, 0.2) is 5.16 Å². The van der Waals surface area contributed by atoms with Crippen molar-refractivity contribution in [2.24, 2.45) is 0 Å². The standard InChI is InChI=1S/C13H21N5O2S/c1-3-4-15-12(19)9-8-20-6-5-18(9)11-7-10(14)16-13(17-11)21-2/h7,9H,3-6,8H2,1-2H3,(H,15,19)(H2,14,16,17). The van der Waals surface area contributed by atoms with Gasteiger partial charge in [-0.1, -0.05) is 18.7 Å². The van der Waals surface area contributed by atoms with Gasteiger partial charge >= 0.3 is 0 Å². The quantitative estimate of drug-likeness (QED) is 0.604. The maximum Gasteiger partial charge on any atom is 0.245 e. The number of rotatable bonds is 5. The number of morpholine rings is 1. The lowest BCUT2D eigenvalue weighted by Gasteiger charge is -2.35. The molecule has 21 heavy (non-hydrogen) atoms. The van der Waals surface area contributed by atoms with E-state index in [1.807, 2.05) is 18.1 Å². The molecule has 0 radical (unpaired) electrons. The van der Waals surface area contributed by atoms with Crippen LogP contribution in [0.1, 0.15) is 13.3 Å². The molecular weight excluding hydrogens is 290 g/mol. The Kier molecular flexibility index (Phi) is 5.63. The van der Waals surface area contributed by atoms with E-state index in [9.17, 15) is 4.79 Å². The molecule has 3 N–H and O–H groups in total. The summed E-state index contributed by atoms with van der Waals surface area (Å²) >= 11 is 1.42. The fourth-order valence-electron chi connectivity index (χ4n) is 2.13. The highest BCUT2D eigenvalue weighted by molar-refractivity contribution is 7.98. The second kappa shape index (κ2) is 7.46. The van der Waals surface area contributed by atoms with Crippen LogP contribution in [-0.4, -0.2) is 54.5 Å². The number of amides is 1. The number of nitrogens with one attached hydrogen (secondary N) is 1. The van der Waals surface area contributed by atoms with Gasteiger partial charge in [-0.3, -0.25) is 4.79 Å². The van der Waals surface area contributed by atoms with Crippen molar-refractivity contribution >= 4 is 29.3 Å². The minimum Gasteiger partial charge on any atom is -0.383 e. The average Bonchev–Trinajstić information content (AvgIpc) is 2.51. The highest BCUT2D eigenvalue weighted by Gasteiger charge is 2.30. The van der Waals surface area contributed by atoms with Crippen LogP contribution in [0.3, 0.4) is 0 Å². The van der Waals surface area contributed by atoms with E-state index in [0.717, 1.165) is 6.42 Å². The molecule has 0 aliphatic carbocycles. The number of anilines is 2. The van der Waals surface area contributed by atoms with Crippen molar-refractivity contribution in [3.8, 4) is 0 Å². The molecule has 0 bridgehead atoms. The molecule has 0 saturated carbocycles. The summed E-state index contributed by atoms with van der Waals surface area (Å²) in [5.41, 5.74) is 5.82. The van der Waals surface area contributed by atoms with E-state index in [-0.39, 0.29) is 11.9 Å². The molecule has 0 spiro atoms. The van der Waals surface area contributed by atoms with E-state index < -0.39 is 0 Å². The van der Waals surface area contributed by atoms with Gasteiger partial charge in [0.1, 0.15) is 17.7 Å². The Hall–Kier alpha value is -1.54. The molecule has 1 aliphatic rings. The van der Waals surface area contributed by atoms with Gasteiger partial charge in [0.2, 0.25) is 5.91 Å². The van der Waals surface area contributed by atoms with Crippen LogP contribution in [0.15, 0.2) is 11.2 Å². The van der Waals surface area contributed by atoms with E-state index in [2.05, 4.69) is 15.3 Å². The number of aromatic nitrogens is 2. The van der Waals surface area contributed by atoms with Crippen LogP contribution in [-0.2, 0) is 9.53 Å². The molecule has 1 fully saturated rings. The lowest BCUT2D eigenvalue weighted by molar-refractivity contribution is -0.124. The number of nitrogens with zero attached hydrogens (tertiary/aromatic N) is 3. The third-order valence-corrected chi connectivity index (χ3v) is 3.72. The summed E-state index contributed by atoms with van der Waals surface area (Å²) in [6.07, 6.45) is 2.79. The molecular formula is C13H21N5O2S. The first-order valence-electron chi connectivity index (χ1n) is 6.96. The minimum atomic E-state index is -0.380. The zero-order chi connectivity index (χ0) is 15.2. The number of carbonyl (C=O) groups excluding carboxylic acids is 1. The van der Waals surface area contributed by atoms with Crippen LogP contribution in [0.2, 0.25) is 0 Å². The summed E-state index contributed by atoms with van der Waals surface area (Å²) in [6, 6.07) is 1.32. The van der Waals surface area contributed by atoms with Crippen molar-refractivity contribution in [1.29, 1.82) is 0 Å². The summed E-state index contributed by atoms with van der Waals surface area (Å²) in [7, 11) is 0. The third kappa shape index (κ3) is 3.98. The maximum absolute atomic E-state index is 12.3. The summed E-state index contributed by atoms with van der Waals surface area (Å²) in [5, 5.41) is 3.51. The molecule has 2 heterocycles. The van der Waals surface area contributed by atoms with Gasteiger partial charge in [0.25, 0.3) is 0 Å². The summed E-state index contributed by atoms with van der Waals surface area (Å²) in [6.45, 7) is 4.20. The molecule has 1 aromatic rings. The predicted octanol–water partition coefficient (Wildman–Crippen LogP) is 0.512. The Balaban J connectivity index is 2.21. The van der Waals surface area contributed by atoms with Crippen molar-refractivity contribution in [2.75, 3.05) is 43.2 Å². The molecule has 1 atom stereocenters. The number of carbonyl (C=O) groups is 1. The normalized spacial score (nSPS) is 18.6. The predicted molar refractivity (Wildman–Crippen MR) is 83.5 cm³/mol. The Labute approximate surface area is 128 Å². The lowest BCUT2D eigenvalue weighted by atomic mass is 10.2. The molecule has 1 aromatic heterocycles. The fraction of sp³-hybridized carbons (Fsp3) is 0.615. The Morgan fingerprint density at radius 3 is 3.14 bits per heavy atom. The van der Waals surface area contributed by atoms with Crippen molar-refractivity contribution in [3.63, 3.8) is 0 Å². The van der Waals surface area contributed by atoms with Gasteiger partial charge in [-0.2, -0.15) is 0 Å². The van der Waals surface area contributed by atoms with Crippen molar-refractivity contribution in [1.82, 2.24) is 15.3 Å². The van der Waals surface area contributed by atoms with Crippen LogP contribution in [0, 0.1) is 0 Å². The molecule has 7 nitrogen and oxygen atoms in total. The molecule has 2 rings (SSSR count). The first-order chi connectivity index (χ1) is 10.2. The highest BCUT2D eigenvalue weighted by Crippen LogP contribution is 2.22. The first-order valence-corrected chi connectivity index (χ1v) is 8.18. The van der Waals surface area contributed by atoms with Crippen LogP contribution >= 0.6 is 11.8 Å². The topological polar surface area (TPSA) is 93.4 Å². The molecule has 1 unspecified atom stereocenters. The second-order valence-corrected chi connectivity index (χ2v) is 5.49. The van der Waals surface area contributed by atoms with Crippen molar-refractivity contribution in [2.45, 2.75) is 24.5 Å². The van der Waals surface area contributed by atoms with E-state index in [1.165, 1.54) is 11.8 Å². The van der Waals surface area contributed by atoms with E-state index in [4.69, 9.17) is 10.5 Å². The number of hydrogen-bond donors (Lipinski definition) is 2. The number of thioether (sulfide) groups is 1.